The second-order valence-electron chi connectivity index (χ2n) is 5.79. The van der Waals surface area contributed by atoms with Gasteiger partial charge in [0.25, 0.3) is 5.91 Å². The number of carbonyl (C=O) groups excluding carboxylic acids is 2. The first-order chi connectivity index (χ1) is 11.2. The molecule has 1 amide bonds. The largest absolute Gasteiger partial charge is 0.493 e. The van der Waals surface area contributed by atoms with Crippen molar-refractivity contribution in [3.63, 3.8) is 0 Å². The number of amides is 1. The molecule has 1 fully saturated rings. The van der Waals surface area contributed by atoms with Crippen molar-refractivity contribution < 1.29 is 19.1 Å². The molecule has 124 valence electrons. The average Bonchev–Trinajstić information content (AvgIpc) is 2.61. The van der Waals surface area contributed by atoms with Crippen molar-refractivity contribution in [1.82, 2.24) is 5.32 Å². The Kier molecular flexibility index (Phi) is 5.43. The molecular weight excluding hydrogens is 314 g/mol. The van der Waals surface area contributed by atoms with Crippen molar-refractivity contribution in [3.8, 4) is 5.75 Å². The third-order valence-electron chi connectivity index (χ3n) is 4.19. The Morgan fingerprint density at radius 2 is 2.00 bits per heavy atom. The number of hydrogen-bond donors (Lipinski definition) is 1. The van der Waals surface area contributed by atoms with E-state index in [9.17, 15) is 9.59 Å². The summed E-state index contributed by atoms with van der Waals surface area (Å²) in [6, 6.07) is 7.60. The molecular formula is C17H21NO4S. The van der Waals surface area contributed by atoms with Crippen LogP contribution in [0, 0.1) is 5.92 Å². The lowest BCUT2D eigenvalue weighted by Crippen LogP contribution is -2.36. The van der Waals surface area contributed by atoms with Gasteiger partial charge >= 0.3 is 5.97 Å². The number of nitrogens with one attached hydrogen (secondary N) is 1. The van der Waals surface area contributed by atoms with Crippen LogP contribution in [0.5, 0.6) is 5.75 Å². The first-order valence-electron chi connectivity index (χ1n) is 7.99. The van der Waals surface area contributed by atoms with E-state index in [0.717, 1.165) is 42.1 Å². The maximum absolute atomic E-state index is 12.1. The van der Waals surface area contributed by atoms with E-state index in [1.807, 2.05) is 36.0 Å². The molecule has 0 spiro atoms. The molecule has 2 heterocycles. The van der Waals surface area contributed by atoms with E-state index in [4.69, 9.17) is 9.47 Å². The van der Waals surface area contributed by atoms with Crippen LogP contribution in [0.3, 0.4) is 0 Å². The topological polar surface area (TPSA) is 64.6 Å². The van der Waals surface area contributed by atoms with Crippen molar-refractivity contribution in [1.29, 1.82) is 0 Å². The van der Waals surface area contributed by atoms with Gasteiger partial charge in [-0.05, 0) is 30.4 Å². The van der Waals surface area contributed by atoms with Crippen LogP contribution >= 0.6 is 11.8 Å². The maximum atomic E-state index is 12.1. The van der Waals surface area contributed by atoms with Gasteiger partial charge in [0.1, 0.15) is 5.75 Å². The highest BCUT2D eigenvalue weighted by molar-refractivity contribution is 7.99. The molecule has 1 saturated heterocycles. The summed E-state index contributed by atoms with van der Waals surface area (Å²) >= 11 is 1.86. The van der Waals surface area contributed by atoms with Crippen molar-refractivity contribution >= 4 is 23.6 Å². The first kappa shape index (κ1) is 16.2. The van der Waals surface area contributed by atoms with Gasteiger partial charge in [-0.3, -0.25) is 9.59 Å². The average molecular weight is 335 g/mol. The normalized spacial score (nSPS) is 21.0. The Bertz CT molecular complexity index is 571. The molecule has 1 atom stereocenters. The summed E-state index contributed by atoms with van der Waals surface area (Å²) in [5.74, 6) is 2.24. The lowest BCUT2D eigenvalue weighted by atomic mass is 10.0. The van der Waals surface area contributed by atoms with E-state index in [0.29, 0.717) is 6.61 Å². The summed E-state index contributed by atoms with van der Waals surface area (Å²) in [4.78, 5) is 24.0. The van der Waals surface area contributed by atoms with E-state index in [1.54, 1.807) is 0 Å². The van der Waals surface area contributed by atoms with Gasteiger partial charge in [-0.1, -0.05) is 18.2 Å². The zero-order valence-corrected chi connectivity index (χ0v) is 13.8. The Morgan fingerprint density at radius 3 is 2.83 bits per heavy atom. The molecule has 5 nitrogen and oxygen atoms in total. The number of carbonyl (C=O) groups is 2. The monoisotopic (exact) mass is 335 g/mol. The fourth-order valence-corrected chi connectivity index (χ4v) is 4.02. The quantitative estimate of drug-likeness (QED) is 0.856. The smallest absolute Gasteiger partial charge is 0.309 e. The third-order valence-corrected chi connectivity index (χ3v) is 5.24. The molecule has 0 saturated carbocycles. The number of fused-ring (bicyclic) bond motifs is 1. The number of esters is 1. The fraction of sp³-hybridized carbons (Fsp3) is 0.529. The van der Waals surface area contributed by atoms with Gasteiger partial charge in [-0.25, -0.2) is 0 Å². The Morgan fingerprint density at radius 1 is 1.22 bits per heavy atom. The molecule has 1 aromatic rings. The Balaban J connectivity index is 1.49. The SMILES string of the molecule is O=C(COC(=O)C1CCSCC1)N[C@H]1CCOc2ccccc21. The van der Waals surface area contributed by atoms with Gasteiger partial charge in [-0.2, -0.15) is 11.8 Å². The number of thioether (sulfide) groups is 1. The minimum Gasteiger partial charge on any atom is -0.493 e. The summed E-state index contributed by atoms with van der Waals surface area (Å²) < 4.78 is 10.8. The lowest BCUT2D eigenvalue weighted by molar-refractivity contribution is -0.153. The number of benzene rings is 1. The van der Waals surface area contributed by atoms with Crippen LogP contribution < -0.4 is 10.1 Å². The molecule has 3 rings (SSSR count). The van der Waals surface area contributed by atoms with E-state index in [2.05, 4.69) is 5.32 Å². The van der Waals surface area contributed by atoms with Crippen LogP contribution in [-0.2, 0) is 14.3 Å². The van der Waals surface area contributed by atoms with Gasteiger partial charge in [0.05, 0.1) is 18.6 Å². The molecule has 1 aromatic carbocycles. The van der Waals surface area contributed by atoms with Gasteiger partial charge in [-0.15, -0.1) is 0 Å². The van der Waals surface area contributed by atoms with Crippen LogP contribution in [0.15, 0.2) is 24.3 Å². The summed E-state index contributed by atoms with van der Waals surface area (Å²) in [6.07, 6.45) is 2.41. The van der Waals surface area contributed by atoms with Crippen LogP contribution in [0.25, 0.3) is 0 Å². The standard InChI is InChI=1S/C17H21NO4S/c19-16(11-22-17(20)12-6-9-23-10-7-12)18-14-5-8-21-15-4-2-1-3-13(14)15/h1-4,12,14H,5-11H2,(H,18,19)/t14-/m0/s1. The van der Waals surface area contributed by atoms with Crippen LogP contribution in [0.4, 0.5) is 0 Å². The Labute approximate surface area is 140 Å². The van der Waals surface area contributed by atoms with Crippen LogP contribution in [0.2, 0.25) is 0 Å². The fourth-order valence-electron chi connectivity index (χ4n) is 2.92. The van der Waals surface area contributed by atoms with Gasteiger partial charge < -0.3 is 14.8 Å². The van der Waals surface area contributed by atoms with Crippen LogP contribution in [0.1, 0.15) is 30.9 Å². The molecule has 2 aliphatic rings. The van der Waals surface area contributed by atoms with E-state index >= 15 is 0 Å². The Hall–Kier alpha value is -1.69. The second kappa shape index (κ2) is 7.73. The van der Waals surface area contributed by atoms with Crippen molar-refractivity contribution in [3.05, 3.63) is 29.8 Å². The molecule has 1 N–H and O–H groups in total. The predicted octanol–water partition coefficient (Wildman–Crippen LogP) is 2.31. The highest BCUT2D eigenvalue weighted by Gasteiger charge is 2.25. The molecule has 0 radical (unpaired) electrons. The summed E-state index contributed by atoms with van der Waals surface area (Å²) in [5, 5.41) is 2.93. The first-order valence-corrected chi connectivity index (χ1v) is 9.15. The highest BCUT2D eigenvalue weighted by atomic mass is 32.2. The summed E-state index contributed by atoms with van der Waals surface area (Å²) in [6.45, 7) is 0.365. The molecule has 0 unspecified atom stereocenters. The zero-order chi connectivity index (χ0) is 16.1. The van der Waals surface area contributed by atoms with Crippen molar-refractivity contribution in [2.75, 3.05) is 24.7 Å². The molecule has 0 aliphatic carbocycles. The number of rotatable bonds is 4. The van der Waals surface area contributed by atoms with Crippen molar-refractivity contribution in [2.45, 2.75) is 25.3 Å². The number of ether oxygens (including phenoxy) is 2. The van der Waals surface area contributed by atoms with Crippen LogP contribution in [-0.4, -0.2) is 36.6 Å². The second-order valence-corrected chi connectivity index (χ2v) is 7.01. The highest BCUT2D eigenvalue weighted by Crippen LogP contribution is 2.31. The number of para-hydroxylation sites is 1. The minimum atomic E-state index is -0.259. The summed E-state index contributed by atoms with van der Waals surface area (Å²) in [5.41, 5.74) is 0.975. The zero-order valence-electron chi connectivity index (χ0n) is 13.0. The molecule has 23 heavy (non-hydrogen) atoms. The van der Waals surface area contributed by atoms with Crippen molar-refractivity contribution in [2.24, 2.45) is 5.92 Å². The van der Waals surface area contributed by atoms with Gasteiger partial charge in [0, 0.05) is 12.0 Å². The lowest BCUT2D eigenvalue weighted by Gasteiger charge is -2.26. The molecule has 2 aliphatic heterocycles. The minimum absolute atomic E-state index is 0.0483. The van der Waals surface area contributed by atoms with E-state index in [-0.39, 0.29) is 30.4 Å². The third kappa shape index (κ3) is 4.19. The summed E-state index contributed by atoms with van der Waals surface area (Å²) in [7, 11) is 0. The number of hydrogen-bond acceptors (Lipinski definition) is 5. The van der Waals surface area contributed by atoms with E-state index in [1.165, 1.54) is 0 Å². The van der Waals surface area contributed by atoms with E-state index < -0.39 is 0 Å². The van der Waals surface area contributed by atoms with Gasteiger partial charge in [0.2, 0.25) is 0 Å². The predicted molar refractivity (Wildman–Crippen MR) is 88.4 cm³/mol. The molecule has 6 heteroatoms. The molecule has 0 bridgehead atoms. The molecule has 0 aromatic heterocycles. The maximum Gasteiger partial charge on any atom is 0.309 e. The van der Waals surface area contributed by atoms with Gasteiger partial charge in [0.15, 0.2) is 6.61 Å².